The van der Waals surface area contributed by atoms with Crippen molar-refractivity contribution in [1.82, 2.24) is 5.06 Å². The van der Waals surface area contributed by atoms with Crippen LogP contribution in [-0.2, 0) is 9.63 Å². The van der Waals surface area contributed by atoms with Crippen molar-refractivity contribution in [3.63, 3.8) is 0 Å². The average Bonchev–Trinajstić information content (AvgIpc) is 2.80. The van der Waals surface area contributed by atoms with E-state index in [0.29, 0.717) is 17.9 Å². The normalized spacial score (nSPS) is 19.9. The minimum Gasteiger partial charge on any atom is -0.329 e. The Morgan fingerprint density at radius 2 is 1.57 bits per heavy atom. The van der Waals surface area contributed by atoms with Crippen molar-refractivity contribution < 1.29 is 28.0 Å². The van der Waals surface area contributed by atoms with E-state index in [1.54, 1.807) is 12.1 Å². The first kappa shape index (κ1) is 15.6. The van der Waals surface area contributed by atoms with E-state index in [0.717, 1.165) is 6.42 Å². The molecule has 5 nitrogen and oxygen atoms in total. The molecular formula is C16H15F2NO4. The van der Waals surface area contributed by atoms with Gasteiger partial charge in [-0.3, -0.25) is 9.59 Å². The molecule has 3 rings (SSSR count). The molecule has 0 bridgehead atoms. The molecule has 1 fully saturated rings. The molecule has 1 aliphatic carbocycles. The van der Waals surface area contributed by atoms with Gasteiger partial charge < -0.3 is 4.84 Å². The fourth-order valence-corrected chi connectivity index (χ4v) is 3.12. The van der Waals surface area contributed by atoms with Gasteiger partial charge in [0.2, 0.25) is 0 Å². The number of hydroxylamine groups is 2. The average molecular weight is 323 g/mol. The molecule has 0 atom stereocenters. The molecule has 2 amide bonds. The summed E-state index contributed by atoms with van der Waals surface area (Å²) in [6, 6.07) is 5.98. The van der Waals surface area contributed by atoms with E-state index < -0.39 is 29.6 Å². The molecule has 23 heavy (non-hydrogen) atoms. The molecule has 1 heterocycles. The van der Waals surface area contributed by atoms with Gasteiger partial charge in [0.1, 0.15) is 5.41 Å². The molecule has 0 N–H and O–H groups in total. The van der Waals surface area contributed by atoms with Crippen molar-refractivity contribution in [2.75, 3.05) is 0 Å². The van der Waals surface area contributed by atoms with Gasteiger partial charge in [-0.1, -0.05) is 36.5 Å². The predicted molar refractivity (Wildman–Crippen MR) is 74.6 cm³/mol. The fraction of sp³-hybridized carbons (Fsp3) is 0.438. The minimum absolute atomic E-state index is 0.00727. The van der Waals surface area contributed by atoms with Crippen LogP contribution in [0.2, 0.25) is 0 Å². The van der Waals surface area contributed by atoms with Crippen LogP contribution >= 0.6 is 0 Å². The van der Waals surface area contributed by atoms with Crippen LogP contribution in [0.1, 0.15) is 52.8 Å². The molecule has 0 spiro atoms. The quantitative estimate of drug-likeness (QED) is 0.802. The summed E-state index contributed by atoms with van der Waals surface area (Å²) in [5, 5.41) is 0.297. The van der Waals surface area contributed by atoms with Crippen LogP contribution in [0, 0.1) is 5.41 Å². The van der Waals surface area contributed by atoms with Gasteiger partial charge in [-0.25, -0.2) is 13.6 Å². The summed E-state index contributed by atoms with van der Waals surface area (Å²) in [7, 11) is 0. The highest BCUT2D eigenvalue weighted by Crippen LogP contribution is 2.43. The molecule has 7 heteroatoms. The van der Waals surface area contributed by atoms with Gasteiger partial charge >= 0.3 is 5.97 Å². The number of halogens is 2. The Morgan fingerprint density at radius 3 is 2.04 bits per heavy atom. The number of amides is 2. The molecule has 0 unspecified atom stereocenters. The van der Waals surface area contributed by atoms with Crippen LogP contribution in [0.3, 0.4) is 0 Å². The molecule has 1 aromatic rings. The largest absolute Gasteiger partial charge is 0.345 e. The maximum absolute atomic E-state index is 13.5. The van der Waals surface area contributed by atoms with E-state index in [4.69, 9.17) is 4.84 Å². The topological polar surface area (TPSA) is 63.7 Å². The van der Waals surface area contributed by atoms with Gasteiger partial charge in [-0.05, 0) is 25.0 Å². The summed E-state index contributed by atoms with van der Waals surface area (Å²) >= 11 is 0. The Labute approximate surface area is 131 Å². The first-order valence-electron chi connectivity index (χ1n) is 7.46. The standard InChI is InChI=1S/C16H15F2NO4/c17-14(18)16(8-4-1-5-9-16)15(22)23-19-12(20)10-6-2-3-7-11(10)13(19)21/h2-3,6-7,14H,1,4-5,8-9H2. The highest BCUT2D eigenvalue weighted by molar-refractivity contribution is 6.20. The van der Waals surface area contributed by atoms with Crippen molar-refractivity contribution in [3.8, 4) is 0 Å². The number of benzene rings is 1. The van der Waals surface area contributed by atoms with E-state index in [1.807, 2.05) is 0 Å². The third-order valence-electron chi connectivity index (χ3n) is 4.50. The second kappa shape index (κ2) is 5.72. The molecular weight excluding hydrogens is 308 g/mol. The Bertz CT molecular complexity index is 633. The second-order valence-electron chi connectivity index (χ2n) is 5.85. The van der Waals surface area contributed by atoms with Crippen LogP contribution in [0.15, 0.2) is 24.3 Å². The van der Waals surface area contributed by atoms with E-state index >= 15 is 0 Å². The third kappa shape index (κ3) is 2.40. The number of nitrogens with zero attached hydrogens (tertiary/aromatic N) is 1. The lowest BCUT2D eigenvalue weighted by atomic mass is 9.74. The van der Waals surface area contributed by atoms with Gasteiger partial charge in [0.05, 0.1) is 11.1 Å². The van der Waals surface area contributed by atoms with Gasteiger partial charge in [0.15, 0.2) is 0 Å². The molecule has 0 radical (unpaired) electrons. The summed E-state index contributed by atoms with van der Waals surface area (Å²) in [5.74, 6) is -2.82. The van der Waals surface area contributed by atoms with Crippen LogP contribution < -0.4 is 0 Å². The molecule has 122 valence electrons. The van der Waals surface area contributed by atoms with Crippen molar-refractivity contribution in [1.29, 1.82) is 0 Å². The number of rotatable bonds is 3. The number of hydrogen-bond acceptors (Lipinski definition) is 4. The first-order chi connectivity index (χ1) is 11.0. The van der Waals surface area contributed by atoms with Gasteiger partial charge in [-0.2, -0.15) is 0 Å². The maximum atomic E-state index is 13.5. The summed E-state index contributed by atoms with van der Waals surface area (Å²) in [4.78, 5) is 41.4. The zero-order valence-electron chi connectivity index (χ0n) is 12.3. The summed E-state index contributed by atoms with van der Waals surface area (Å²) in [6.45, 7) is 0. The molecule has 0 saturated heterocycles. The lowest BCUT2D eigenvalue weighted by Crippen LogP contribution is -2.45. The van der Waals surface area contributed by atoms with Crippen molar-refractivity contribution in [2.24, 2.45) is 5.41 Å². The number of hydrogen-bond donors (Lipinski definition) is 0. The van der Waals surface area contributed by atoms with Crippen molar-refractivity contribution in [2.45, 2.75) is 38.5 Å². The molecule has 1 aliphatic heterocycles. The highest BCUT2D eigenvalue weighted by atomic mass is 19.3. The maximum Gasteiger partial charge on any atom is 0.345 e. The van der Waals surface area contributed by atoms with Gasteiger partial charge in [-0.15, -0.1) is 0 Å². The monoisotopic (exact) mass is 323 g/mol. The number of carbonyl (C=O) groups is 3. The lowest BCUT2D eigenvalue weighted by molar-refractivity contribution is -0.194. The van der Waals surface area contributed by atoms with E-state index in [9.17, 15) is 23.2 Å². The second-order valence-corrected chi connectivity index (χ2v) is 5.85. The van der Waals surface area contributed by atoms with Crippen molar-refractivity contribution in [3.05, 3.63) is 35.4 Å². The van der Waals surface area contributed by atoms with Crippen LogP contribution in [0.4, 0.5) is 8.78 Å². The first-order valence-corrected chi connectivity index (χ1v) is 7.46. The SMILES string of the molecule is O=C1c2ccccc2C(=O)N1OC(=O)C1(C(F)F)CCCCC1. The third-order valence-corrected chi connectivity index (χ3v) is 4.50. The number of imide groups is 1. The van der Waals surface area contributed by atoms with Crippen LogP contribution in [0.25, 0.3) is 0 Å². The summed E-state index contributed by atoms with van der Waals surface area (Å²) < 4.78 is 26.9. The van der Waals surface area contributed by atoms with E-state index in [2.05, 4.69) is 0 Å². The summed E-state index contributed by atoms with van der Waals surface area (Å²) in [5.41, 5.74) is -1.74. The molecule has 1 saturated carbocycles. The highest BCUT2D eigenvalue weighted by Gasteiger charge is 2.51. The zero-order chi connectivity index (χ0) is 16.6. The number of fused-ring (bicyclic) bond motifs is 1. The Balaban J connectivity index is 1.83. The van der Waals surface area contributed by atoms with Crippen LogP contribution in [-0.4, -0.2) is 29.3 Å². The Kier molecular flexibility index (Phi) is 3.87. The van der Waals surface area contributed by atoms with E-state index in [-0.39, 0.29) is 24.0 Å². The predicted octanol–water partition coefficient (Wildman–Crippen LogP) is 2.96. The zero-order valence-corrected chi connectivity index (χ0v) is 12.3. The molecule has 2 aliphatic rings. The van der Waals surface area contributed by atoms with E-state index in [1.165, 1.54) is 12.1 Å². The Morgan fingerprint density at radius 1 is 1.04 bits per heavy atom. The Hall–Kier alpha value is -2.31. The lowest BCUT2D eigenvalue weighted by Gasteiger charge is -2.34. The molecule has 1 aromatic carbocycles. The number of carbonyl (C=O) groups excluding carboxylic acids is 3. The summed E-state index contributed by atoms with van der Waals surface area (Å²) in [6.07, 6.45) is -1.16. The number of alkyl halides is 2. The van der Waals surface area contributed by atoms with Gasteiger partial charge in [0, 0.05) is 0 Å². The van der Waals surface area contributed by atoms with Gasteiger partial charge in [0.25, 0.3) is 18.2 Å². The molecule has 0 aromatic heterocycles. The minimum atomic E-state index is -2.90. The smallest absolute Gasteiger partial charge is 0.329 e. The van der Waals surface area contributed by atoms with Crippen molar-refractivity contribution >= 4 is 17.8 Å². The fourth-order valence-electron chi connectivity index (χ4n) is 3.12. The van der Waals surface area contributed by atoms with Crippen LogP contribution in [0.5, 0.6) is 0 Å².